The highest BCUT2D eigenvalue weighted by molar-refractivity contribution is 9.41. The van der Waals surface area contributed by atoms with Gasteiger partial charge in [-0.25, -0.2) is 5.32 Å². The molecule has 19 heavy (non-hydrogen) atoms. The fraction of sp³-hybridized carbons (Fsp3) is 1.00. The van der Waals surface area contributed by atoms with Gasteiger partial charge in [0.05, 0.1) is 12.1 Å². The van der Waals surface area contributed by atoms with Gasteiger partial charge in [0.15, 0.2) is 8.57 Å². The van der Waals surface area contributed by atoms with E-state index in [1.165, 1.54) is 0 Å². The maximum Gasteiger partial charge on any atom is 0.154 e. The smallest absolute Gasteiger partial charge is 0.154 e. The molecule has 0 saturated heterocycles. The lowest BCUT2D eigenvalue weighted by molar-refractivity contribution is 0.476. The molecule has 0 aliphatic rings. The molecular formula is C6H2Br12N. The normalized spacial score (nSPS) is 15.5. The van der Waals surface area contributed by atoms with E-state index in [1.54, 1.807) is 0 Å². The molecule has 0 spiro atoms. The van der Waals surface area contributed by atoms with Gasteiger partial charge in [0.25, 0.3) is 0 Å². The van der Waals surface area contributed by atoms with Crippen LogP contribution in [0.25, 0.3) is 0 Å². The maximum absolute atomic E-state index is 4.80. The molecular weight excluding hydrogens is 1040 g/mol. The summed E-state index contributed by atoms with van der Waals surface area (Å²) in [5, 5.41) is 4.80. The van der Waals surface area contributed by atoms with Crippen LogP contribution in [0.15, 0.2) is 0 Å². The molecule has 0 fully saturated rings. The van der Waals surface area contributed by atoms with Crippen molar-refractivity contribution in [3.63, 3.8) is 0 Å². The zero-order valence-corrected chi connectivity index (χ0v) is 27.2. The SMILES string of the molecule is BrC(Br)(Br)C([N]C(C(Br)(Br)Br)C(Br)(Br)Br)C(Br)(Br)Br. The minimum Gasteiger partial charge on any atom is -0.222 e. The number of hydrogen-bond acceptors (Lipinski definition) is 0. The molecule has 0 bridgehead atoms. The summed E-state index contributed by atoms with van der Waals surface area (Å²) in [7, 11) is 0. The third-order valence-electron chi connectivity index (χ3n) is 1.54. The van der Waals surface area contributed by atoms with E-state index in [2.05, 4.69) is 191 Å². The van der Waals surface area contributed by atoms with Gasteiger partial charge in [0, 0.05) is 0 Å². The third kappa shape index (κ3) is 9.84. The van der Waals surface area contributed by atoms with Crippen molar-refractivity contribution in [3.8, 4) is 0 Å². The fourth-order valence-electron chi connectivity index (χ4n) is 0.858. The van der Waals surface area contributed by atoms with Gasteiger partial charge in [-0.3, -0.25) is 0 Å². The van der Waals surface area contributed by atoms with Crippen LogP contribution in [0.3, 0.4) is 0 Å². The van der Waals surface area contributed by atoms with Crippen LogP contribution < -0.4 is 5.32 Å². The van der Waals surface area contributed by atoms with E-state index in [9.17, 15) is 0 Å². The van der Waals surface area contributed by atoms with E-state index < -0.39 is 8.57 Å². The Morgan fingerprint density at radius 2 is 0.579 bits per heavy atom. The highest BCUT2D eigenvalue weighted by Gasteiger charge is 2.52. The number of halogens is 12. The minimum atomic E-state index is -0.627. The predicted octanol–water partition coefficient (Wildman–Crippen LogP) is 8.68. The molecule has 1 radical (unpaired) electrons. The molecule has 0 aliphatic heterocycles. The summed E-state index contributed by atoms with van der Waals surface area (Å²) >= 11 is 42.0. The lowest BCUT2D eigenvalue weighted by Gasteiger charge is -2.40. The topological polar surface area (TPSA) is 14.1 Å². The number of alkyl halides is 12. The molecule has 0 atom stereocenters. The van der Waals surface area contributed by atoms with E-state index in [0.717, 1.165) is 0 Å². The molecule has 0 rings (SSSR count). The molecule has 115 valence electrons. The van der Waals surface area contributed by atoms with E-state index >= 15 is 0 Å². The zero-order chi connectivity index (χ0) is 15.9. The Bertz CT molecular complexity index is 233. The van der Waals surface area contributed by atoms with Gasteiger partial charge in [-0.2, -0.15) is 0 Å². The minimum absolute atomic E-state index is 0.316. The first-order chi connectivity index (χ1) is 7.97. The van der Waals surface area contributed by atoms with Gasteiger partial charge in [0.1, 0.15) is 0 Å². The van der Waals surface area contributed by atoms with Crippen LogP contribution in [0.5, 0.6) is 0 Å². The first-order valence-electron chi connectivity index (χ1n) is 3.94. The molecule has 0 aliphatic carbocycles. The third-order valence-corrected chi connectivity index (χ3v) is 6.74. The van der Waals surface area contributed by atoms with E-state index in [1.807, 2.05) is 0 Å². The highest BCUT2D eigenvalue weighted by Crippen LogP contribution is 2.55. The lowest BCUT2D eigenvalue weighted by atomic mass is 10.3. The Morgan fingerprint density at radius 1 is 0.421 bits per heavy atom. The molecule has 0 aromatic heterocycles. The monoisotopic (exact) mass is 1040 g/mol. The van der Waals surface area contributed by atoms with E-state index in [4.69, 9.17) is 5.32 Å². The van der Waals surface area contributed by atoms with Crippen molar-refractivity contribution in [2.75, 3.05) is 0 Å². The van der Waals surface area contributed by atoms with Crippen molar-refractivity contribution < 1.29 is 0 Å². The van der Waals surface area contributed by atoms with Crippen LogP contribution in [-0.4, -0.2) is 20.7 Å². The number of nitrogens with zero attached hydrogens (tertiary/aromatic N) is 1. The molecule has 0 unspecified atom stereocenters. The van der Waals surface area contributed by atoms with E-state index in [0.29, 0.717) is 0 Å². The molecule has 0 aromatic carbocycles. The summed E-state index contributed by atoms with van der Waals surface area (Å²) in [6, 6.07) is -0.631. The lowest BCUT2D eigenvalue weighted by Crippen LogP contribution is -2.54. The Labute approximate surface area is 213 Å². The second-order valence-electron chi connectivity index (χ2n) is 3.12. The van der Waals surface area contributed by atoms with E-state index in [-0.39, 0.29) is 12.1 Å². The molecule has 1 nitrogen and oxygen atoms in total. The molecule has 0 aromatic rings. The van der Waals surface area contributed by atoms with Gasteiger partial charge in [0.2, 0.25) is 0 Å². The van der Waals surface area contributed by atoms with Gasteiger partial charge < -0.3 is 0 Å². The van der Waals surface area contributed by atoms with Crippen LogP contribution in [0.1, 0.15) is 0 Å². The average molecular weight is 1050 g/mol. The van der Waals surface area contributed by atoms with Gasteiger partial charge >= 0.3 is 0 Å². The van der Waals surface area contributed by atoms with Crippen LogP contribution in [0.2, 0.25) is 0 Å². The highest BCUT2D eigenvalue weighted by atomic mass is 80.0. The summed E-state index contributed by atoms with van der Waals surface area (Å²) in [6.45, 7) is 0. The van der Waals surface area contributed by atoms with Crippen LogP contribution in [-0.2, 0) is 0 Å². The summed E-state index contributed by atoms with van der Waals surface area (Å²) in [4.78, 5) is 0. The molecule has 13 heteroatoms. The fourth-order valence-corrected chi connectivity index (χ4v) is 11.9. The number of rotatable bonds is 2. The predicted molar refractivity (Wildman–Crippen MR) is 128 cm³/mol. The molecule has 0 heterocycles. The summed E-state index contributed by atoms with van der Waals surface area (Å²) in [5.74, 6) is 0. The Hall–Kier alpha value is 5.72. The van der Waals surface area contributed by atoms with Crippen molar-refractivity contribution in [2.45, 2.75) is 20.7 Å². The van der Waals surface area contributed by atoms with Crippen molar-refractivity contribution in [3.05, 3.63) is 0 Å². The molecule has 0 N–H and O–H groups in total. The quantitative estimate of drug-likeness (QED) is 0.246. The average Bonchev–Trinajstić information content (AvgIpc) is 1.91. The van der Waals surface area contributed by atoms with Crippen molar-refractivity contribution in [1.29, 1.82) is 0 Å². The van der Waals surface area contributed by atoms with Gasteiger partial charge in [-0.15, -0.1) is 0 Å². The zero-order valence-electron chi connectivity index (χ0n) is 8.14. The summed E-state index contributed by atoms with van der Waals surface area (Å²) in [5.41, 5.74) is 0. The molecule has 0 amide bonds. The largest absolute Gasteiger partial charge is 0.222 e. The summed E-state index contributed by atoms with van der Waals surface area (Å²) in [6.07, 6.45) is 0. The summed E-state index contributed by atoms with van der Waals surface area (Å²) < 4.78 is -2.51. The second-order valence-corrected chi connectivity index (χ2v) is 30.9. The number of hydrogen-bond donors (Lipinski definition) is 0. The Morgan fingerprint density at radius 3 is 0.684 bits per heavy atom. The van der Waals surface area contributed by atoms with Gasteiger partial charge in [-0.1, -0.05) is 191 Å². The first kappa shape index (κ1) is 24.7. The van der Waals surface area contributed by atoms with Gasteiger partial charge in [-0.05, 0) is 0 Å². The maximum atomic E-state index is 4.80. The molecule has 0 saturated carbocycles. The Balaban J connectivity index is 5.43. The standard InChI is InChI=1S/C6H2Br12N/c7-3(8,9)1(4(10,11)12)19-2(5(13,14)15)6(16,17)18/h1-2H. The first-order valence-corrected chi connectivity index (χ1v) is 13.5. The Kier molecular flexibility index (Phi) is 11.8. The van der Waals surface area contributed by atoms with Crippen LogP contribution in [0, 0.1) is 0 Å². The van der Waals surface area contributed by atoms with Crippen molar-refractivity contribution >= 4 is 191 Å². The second kappa shape index (κ2) is 9.08. The van der Waals surface area contributed by atoms with Crippen molar-refractivity contribution in [1.82, 2.24) is 5.32 Å². The van der Waals surface area contributed by atoms with Crippen LogP contribution >= 0.6 is 191 Å². The van der Waals surface area contributed by atoms with Crippen molar-refractivity contribution in [2.24, 2.45) is 0 Å². The van der Waals surface area contributed by atoms with Crippen LogP contribution in [0.4, 0.5) is 0 Å².